The molecule has 0 saturated carbocycles. The van der Waals surface area contributed by atoms with Gasteiger partial charge in [-0.3, -0.25) is 4.79 Å². The molecule has 27 heavy (non-hydrogen) atoms. The number of ether oxygens (including phenoxy) is 1. The molecule has 0 aliphatic carbocycles. The molecule has 0 aliphatic rings. The minimum atomic E-state index is -0.578. The molecular weight excluding hydrogens is 338 g/mol. The van der Waals surface area contributed by atoms with Gasteiger partial charge in [-0.15, -0.1) is 0 Å². The number of amides is 1. The number of para-hydroxylation sites is 1. The standard InChI is InChI=1S/C22H25N3O2/c1-15-11-16(2)17(3)21(12-15)27-18(4)22(26)24-13-19-7-5-6-8-20(19)25-10-9-23-14-25/h5-12,14,18H,13H2,1-4H3,(H,24,26)/t18-/m0/s1. The van der Waals surface area contributed by atoms with Crippen LogP contribution in [0.2, 0.25) is 0 Å². The van der Waals surface area contributed by atoms with E-state index < -0.39 is 6.10 Å². The summed E-state index contributed by atoms with van der Waals surface area (Å²) in [5.41, 5.74) is 5.35. The van der Waals surface area contributed by atoms with Gasteiger partial charge in [0.25, 0.3) is 5.91 Å². The van der Waals surface area contributed by atoms with Gasteiger partial charge in [0, 0.05) is 18.9 Å². The van der Waals surface area contributed by atoms with E-state index in [0.717, 1.165) is 33.7 Å². The highest BCUT2D eigenvalue weighted by Gasteiger charge is 2.17. The molecule has 5 heteroatoms. The lowest BCUT2D eigenvalue weighted by molar-refractivity contribution is -0.127. The number of hydrogen-bond donors (Lipinski definition) is 1. The van der Waals surface area contributed by atoms with E-state index in [1.807, 2.05) is 61.9 Å². The number of carbonyl (C=O) groups is 1. The van der Waals surface area contributed by atoms with Crippen LogP contribution in [0.3, 0.4) is 0 Å². The van der Waals surface area contributed by atoms with Crippen molar-refractivity contribution < 1.29 is 9.53 Å². The van der Waals surface area contributed by atoms with Crippen LogP contribution in [-0.2, 0) is 11.3 Å². The van der Waals surface area contributed by atoms with Crippen molar-refractivity contribution in [2.45, 2.75) is 40.3 Å². The van der Waals surface area contributed by atoms with Gasteiger partial charge in [0.05, 0.1) is 12.0 Å². The zero-order valence-corrected chi connectivity index (χ0v) is 16.2. The molecule has 1 amide bonds. The van der Waals surface area contributed by atoms with Crippen LogP contribution in [0.4, 0.5) is 0 Å². The van der Waals surface area contributed by atoms with Crippen LogP contribution < -0.4 is 10.1 Å². The zero-order valence-electron chi connectivity index (χ0n) is 16.2. The van der Waals surface area contributed by atoms with Crippen LogP contribution >= 0.6 is 0 Å². The lowest BCUT2D eigenvalue weighted by Crippen LogP contribution is -2.36. The number of rotatable bonds is 6. The summed E-state index contributed by atoms with van der Waals surface area (Å²) < 4.78 is 7.86. The number of nitrogens with one attached hydrogen (secondary N) is 1. The first kappa shape index (κ1) is 18.7. The van der Waals surface area contributed by atoms with Gasteiger partial charge in [-0.2, -0.15) is 0 Å². The van der Waals surface area contributed by atoms with Crippen molar-refractivity contribution in [3.63, 3.8) is 0 Å². The van der Waals surface area contributed by atoms with E-state index in [1.54, 1.807) is 19.4 Å². The first-order chi connectivity index (χ1) is 13.0. The highest BCUT2D eigenvalue weighted by atomic mass is 16.5. The Balaban J connectivity index is 1.67. The molecule has 0 radical (unpaired) electrons. The number of nitrogens with zero attached hydrogens (tertiary/aromatic N) is 2. The Hall–Kier alpha value is -3.08. The van der Waals surface area contributed by atoms with Gasteiger partial charge in [0.1, 0.15) is 5.75 Å². The van der Waals surface area contributed by atoms with Crippen molar-refractivity contribution in [2.75, 3.05) is 0 Å². The average molecular weight is 363 g/mol. The summed E-state index contributed by atoms with van der Waals surface area (Å²) in [6, 6.07) is 12.0. The SMILES string of the molecule is Cc1cc(C)c(C)c(O[C@@H](C)C(=O)NCc2ccccc2-n2ccnc2)c1. The molecule has 3 rings (SSSR count). The molecule has 0 bridgehead atoms. The molecule has 5 nitrogen and oxygen atoms in total. The second-order valence-electron chi connectivity index (χ2n) is 6.78. The number of aryl methyl sites for hydroxylation is 2. The van der Waals surface area contributed by atoms with Gasteiger partial charge >= 0.3 is 0 Å². The molecule has 0 spiro atoms. The van der Waals surface area contributed by atoms with Crippen LogP contribution in [0.25, 0.3) is 5.69 Å². The zero-order chi connectivity index (χ0) is 19.4. The summed E-state index contributed by atoms with van der Waals surface area (Å²) in [5, 5.41) is 2.97. The smallest absolute Gasteiger partial charge is 0.261 e. The average Bonchev–Trinajstić information content (AvgIpc) is 3.18. The monoisotopic (exact) mass is 363 g/mol. The van der Waals surface area contributed by atoms with Crippen LogP contribution in [0, 0.1) is 20.8 Å². The maximum atomic E-state index is 12.5. The third kappa shape index (κ3) is 4.37. The van der Waals surface area contributed by atoms with E-state index in [2.05, 4.69) is 16.4 Å². The molecule has 0 fully saturated rings. The first-order valence-corrected chi connectivity index (χ1v) is 9.04. The quantitative estimate of drug-likeness (QED) is 0.723. The fraction of sp³-hybridized carbons (Fsp3) is 0.273. The van der Waals surface area contributed by atoms with Crippen molar-refractivity contribution in [3.05, 3.63) is 77.4 Å². The predicted octanol–water partition coefficient (Wildman–Crippen LogP) is 3.88. The molecule has 140 valence electrons. The van der Waals surface area contributed by atoms with Crippen LogP contribution in [-0.4, -0.2) is 21.6 Å². The number of aromatic nitrogens is 2. The van der Waals surface area contributed by atoms with E-state index in [1.165, 1.54) is 0 Å². The van der Waals surface area contributed by atoms with Crippen LogP contribution in [0.5, 0.6) is 5.75 Å². The van der Waals surface area contributed by atoms with Gasteiger partial charge in [-0.05, 0) is 62.1 Å². The maximum Gasteiger partial charge on any atom is 0.261 e. The summed E-state index contributed by atoms with van der Waals surface area (Å²) in [5.74, 6) is 0.614. The van der Waals surface area contributed by atoms with Crippen LogP contribution in [0.15, 0.2) is 55.1 Å². The van der Waals surface area contributed by atoms with E-state index in [0.29, 0.717) is 6.54 Å². The van der Waals surface area contributed by atoms with Gasteiger partial charge in [0.15, 0.2) is 6.10 Å². The lowest BCUT2D eigenvalue weighted by atomic mass is 10.1. The van der Waals surface area contributed by atoms with Gasteiger partial charge in [-0.1, -0.05) is 24.3 Å². The Kier molecular flexibility index (Phi) is 5.60. The van der Waals surface area contributed by atoms with E-state index >= 15 is 0 Å². The molecule has 0 aliphatic heterocycles. The molecule has 3 aromatic rings. The lowest BCUT2D eigenvalue weighted by Gasteiger charge is -2.18. The third-order valence-electron chi connectivity index (χ3n) is 4.66. The van der Waals surface area contributed by atoms with E-state index in [4.69, 9.17) is 4.74 Å². The Morgan fingerprint density at radius 2 is 2.00 bits per heavy atom. The van der Waals surface area contributed by atoms with Crippen molar-refractivity contribution in [1.29, 1.82) is 0 Å². The summed E-state index contributed by atoms with van der Waals surface area (Å²) in [6.07, 6.45) is 4.78. The summed E-state index contributed by atoms with van der Waals surface area (Å²) in [7, 11) is 0. The highest BCUT2D eigenvalue weighted by molar-refractivity contribution is 5.80. The minimum absolute atomic E-state index is 0.144. The fourth-order valence-electron chi connectivity index (χ4n) is 3.01. The normalized spacial score (nSPS) is 11.9. The summed E-state index contributed by atoms with van der Waals surface area (Å²) in [4.78, 5) is 16.6. The Morgan fingerprint density at radius 1 is 1.22 bits per heavy atom. The summed E-state index contributed by atoms with van der Waals surface area (Å²) >= 11 is 0. The van der Waals surface area contributed by atoms with E-state index in [-0.39, 0.29) is 5.91 Å². The van der Waals surface area contributed by atoms with Crippen molar-refractivity contribution in [2.24, 2.45) is 0 Å². The molecule has 1 atom stereocenters. The molecule has 1 N–H and O–H groups in total. The first-order valence-electron chi connectivity index (χ1n) is 9.04. The summed E-state index contributed by atoms with van der Waals surface area (Å²) in [6.45, 7) is 8.28. The second-order valence-corrected chi connectivity index (χ2v) is 6.78. The van der Waals surface area contributed by atoms with Crippen molar-refractivity contribution >= 4 is 5.91 Å². The van der Waals surface area contributed by atoms with Crippen LogP contribution in [0.1, 0.15) is 29.2 Å². The number of benzene rings is 2. The number of imidazole rings is 1. The third-order valence-corrected chi connectivity index (χ3v) is 4.66. The van der Waals surface area contributed by atoms with Gasteiger partial charge in [0.2, 0.25) is 0 Å². The molecule has 0 saturated heterocycles. The van der Waals surface area contributed by atoms with Crippen molar-refractivity contribution in [3.8, 4) is 11.4 Å². The maximum absolute atomic E-state index is 12.5. The fourth-order valence-corrected chi connectivity index (χ4v) is 3.01. The second kappa shape index (κ2) is 8.08. The Bertz CT molecular complexity index is 933. The number of hydrogen-bond acceptors (Lipinski definition) is 3. The number of carbonyl (C=O) groups excluding carboxylic acids is 1. The van der Waals surface area contributed by atoms with E-state index in [9.17, 15) is 4.79 Å². The Labute approximate surface area is 160 Å². The minimum Gasteiger partial charge on any atom is -0.481 e. The Morgan fingerprint density at radius 3 is 2.74 bits per heavy atom. The molecule has 1 aromatic heterocycles. The molecule has 0 unspecified atom stereocenters. The molecule has 1 heterocycles. The van der Waals surface area contributed by atoms with Crippen molar-refractivity contribution in [1.82, 2.24) is 14.9 Å². The van der Waals surface area contributed by atoms with Gasteiger partial charge in [-0.25, -0.2) is 4.98 Å². The molecule has 2 aromatic carbocycles. The largest absolute Gasteiger partial charge is 0.481 e. The highest BCUT2D eigenvalue weighted by Crippen LogP contribution is 2.24. The van der Waals surface area contributed by atoms with Gasteiger partial charge < -0.3 is 14.6 Å². The topological polar surface area (TPSA) is 56.1 Å². The predicted molar refractivity (Wildman–Crippen MR) is 106 cm³/mol. The molecular formula is C22H25N3O2.